The molecule has 1 amide bonds. The first kappa shape index (κ1) is 17.8. The average Bonchev–Trinajstić information content (AvgIpc) is 2.66. The Morgan fingerprint density at radius 1 is 1.35 bits per heavy atom. The van der Waals surface area contributed by atoms with Gasteiger partial charge >= 0.3 is 6.09 Å². The van der Waals surface area contributed by atoms with E-state index in [0.29, 0.717) is 19.5 Å². The highest BCUT2D eigenvalue weighted by atomic mass is 16.6. The number of nitrogens with one attached hydrogen (secondary N) is 1. The minimum absolute atomic E-state index is 0.192. The number of carbonyl (C=O) groups excluding carboxylic acids is 1. The van der Waals surface area contributed by atoms with Crippen molar-refractivity contribution in [1.82, 2.24) is 10.2 Å². The van der Waals surface area contributed by atoms with Crippen LogP contribution >= 0.6 is 0 Å². The molecule has 1 aromatic carbocycles. The van der Waals surface area contributed by atoms with E-state index in [9.17, 15) is 9.90 Å². The Kier molecular flexibility index (Phi) is 6.02. The van der Waals surface area contributed by atoms with Crippen molar-refractivity contribution in [1.29, 1.82) is 0 Å². The summed E-state index contributed by atoms with van der Waals surface area (Å²) in [6.07, 6.45) is 0.577. The van der Waals surface area contributed by atoms with Gasteiger partial charge in [-0.05, 0) is 39.2 Å². The van der Waals surface area contributed by atoms with Crippen LogP contribution in [-0.4, -0.2) is 46.9 Å². The van der Waals surface area contributed by atoms with E-state index in [-0.39, 0.29) is 12.1 Å². The summed E-state index contributed by atoms with van der Waals surface area (Å²) in [6, 6.07) is 10.4. The van der Waals surface area contributed by atoms with Gasteiger partial charge in [-0.1, -0.05) is 30.3 Å². The lowest BCUT2D eigenvalue weighted by Crippen LogP contribution is -2.40. The minimum Gasteiger partial charge on any atom is -0.444 e. The summed E-state index contributed by atoms with van der Waals surface area (Å²) in [5.74, 6) is 0. The third-order valence-electron chi connectivity index (χ3n) is 3.82. The maximum atomic E-state index is 12.2. The Hall–Kier alpha value is -1.59. The number of amides is 1. The molecular formula is C18H28N2O3. The monoisotopic (exact) mass is 320 g/mol. The quantitative estimate of drug-likeness (QED) is 0.898. The van der Waals surface area contributed by atoms with Gasteiger partial charge < -0.3 is 20.1 Å². The van der Waals surface area contributed by atoms with Gasteiger partial charge in [-0.3, -0.25) is 0 Å². The van der Waals surface area contributed by atoms with Crippen molar-refractivity contribution < 1.29 is 14.6 Å². The van der Waals surface area contributed by atoms with Crippen molar-refractivity contribution in [3.05, 3.63) is 35.9 Å². The number of aliphatic hydroxyl groups excluding tert-OH is 1. The van der Waals surface area contributed by atoms with Gasteiger partial charge in [0.1, 0.15) is 5.60 Å². The van der Waals surface area contributed by atoms with Crippen LogP contribution in [-0.2, 0) is 11.3 Å². The normalized spacial score (nSPS) is 22.5. The summed E-state index contributed by atoms with van der Waals surface area (Å²) in [5, 5.41) is 13.7. The number of rotatable bonds is 3. The Morgan fingerprint density at radius 2 is 2.04 bits per heavy atom. The lowest BCUT2D eigenvalue weighted by Gasteiger charge is -2.27. The van der Waals surface area contributed by atoms with Gasteiger partial charge in [0.15, 0.2) is 0 Å². The second-order valence-corrected chi connectivity index (χ2v) is 7.17. The fourth-order valence-corrected chi connectivity index (χ4v) is 2.71. The maximum Gasteiger partial charge on any atom is 0.410 e. The van der Waals surface area contributed by atoms with E-state index >= 15 is 0 Å². The first-order valence-corrected chi connectivity index (χ1v) is 8.27. The number of ether oxygens (including phenoxy) is 1. The van der Waals surface area contributed by atoms with Gasteiger partial charge in [0.25, 0.3) is 0 Å². The fourth-order valence-electron chi connectivity index (χ4n) is 2.71. The summed E-state index contributed by atoms with van der Waals surface area (Å²) >= 11 is 0. The van der Waals surface area contributed by atoms with Crippen molar-refractivity contribution in [2.75, 3.05) is 13.1 Å². The molecule has 0 unspecified atom stereocenters. The van der Waals surface area contributed by atoms with E-state index in [0.717, 1.165) is 13.0 Å². The van der Waals surface area contributed by atoms with Crippen molar-refractivity contribution in [2.45, 2.75) is 57.9 Å². The van der Waals surface area contributed by atoms with E-state index in [1.807, 2.05) is 39.0 Å². The van der Waals surface area contributed by atoms with Crippen LogP contribution in [0.2, 0.25) is 0 Å². The molecule has 5 heteroatoms. The number of hydrogen-bond acceptors (Lipinski definition) is 4. The molecule has 128 valence electrons. The molecule has 2 atom stereocenters. The standard InChI is InChI=1S/C18H28N2O3/c1-18(2,3)23-17(22)20-10-9-15(11-16(21)13-20)19-12-14-7-5-4-6-8-14/h4-8,15-16,19,21H,9-13H2,1-3H3/t15-,16-/m1/s1. The molecule has 2 rings (SSSR count). The van der Waals surface area contributed by atoms with E-state index in [2.05, 4.69) is 17.4 Å². The second-order valence-electron chi connectivity index (χ2n) is 7.17. The topological polar surface area (TPSA) is 61.8 Å². The smallest absolute Gasteiger partial charge is 0.410 e. The zero-order valence-electron chi connectivity index (χ0n) is 14.3. The lowest BCUT2D eigenvalue weighted by atomic mass is 10.1. The van der Waals surface area contributed by atoms with Crippen LogP contribution in [0.15, 0.2) is 30.3 Å². The van der Waals surface area contributed by atoms with Crippen molar-refractivity contribution >= 4 is 6.09 Å². The van der Waals surface area contributed by atoms with Gasteiger partial charge in [-0.15, -0.1) is 0 Å². The van der Waals surface area contributed by atoms with Crippen LogP contribution in [0.4, 0.5) is 4.79 Å². The molecule has 0 aliphatic carbocycles. The van der Waals surface area contributed by atoms with Crippen LogP contribution in [0, 0.1) is 0 Å². The highest BCUT2D eigenvalue weighted by molar-refractivity contribution is 5.68. The largest absolute Gasteiger partial charge is 0.444 e. The molecular weight excluding hydrogens is 292 g/mol. The molecule has 1 fully saturated rings. The van der Waals surface area contributed by atoms with Crippen LogP contribution in [0.1, 0.15) is 39.2 Å². The summed E-state index contributed by atoms with van der Waals surface area (Å²) < 4.78 is 5.40. The molecule has 1 heterocycles. The van der Waals surface area contributed by atoms with Gasteiger partial charge in [0, 0.05) is 25.7 Å². The third kappa shape index (κ3) is 6.20. The van der Waals surface area contributed by atoms with Crippen LogP contribution in [0.5, 0.6) is 0 Å². The SMILES string of the molecule is CC(C)(C)OC(=O)N1CC[C@@H](NCc2ccccc2)C[C@@H](O)C1. The lowest BCUT2D eigenvalue weighted by molar-refractivity contribution is 0.0173. The zero-order valence-corrected chi connectivity index (χ0v) is 14.3. The Morgan fingerprint density at radius 3 is 2.70 bits per heavy atom. The van der Waals surface area contributed by atoms with Crippen molar-refractivity contribution in [3.63, 3.8) is 0 Å². The van der Waals surface area contributed by atoms with Crippen molar-refractivity contribution in [2.24, 2.45) is 0 Å². The average molecular weight is 320 g/mol. The van der Waals surface area contributed by atoms with Gasteiger partial charge in [-0.25, -0.2) is 4.79 Å². The van der Waals surface area contributed by atoms with Gasteiger partial charge in [0.05, 0.1) is 6.10 Å². The summed E-state index contributed by atoms with van der Waals surface area (Å²) in [7, 11) is 0. The Labute approximate surface area is 138 Å². The summed E-state index contributed by atoms with van der Waals surface area (Å²) in [5.41, 5.74) is 0.703. The molecule has 0 radical (unpaired) electrons. The van der Waals surface area contributed by atoms with Crippen LogP contribution in [0.3, 0.4) is 0 Å². The number of aliphatic hydroxyl groups is 1. The number of nitrogens with zero attached hydrogens (tertiary/aromatic N) is 1. The first-order chi connectivity index (χ1) is 10.8. The minimum atomic E-state index is -0.529. The predicted molar refractivity (Wildman–Crippen MR) is 90.1 cm³/mol. The molecule has 5 nitrogen and oxygen atoms in total. The molecule has 0 saturated carbocycles. The predicted octanol–water partition coefficient (Wildman–Crippen LogP) is 2.54. The van der Waals surface area contributed by atoms with Crippen molar-refractivity contribution in [3.8, 4) is 0 Å². The fraction of sp³-hybridized carbons (Fsp3) is 0.611. The summed E-state index contributed by atoms with van der Waals surface area (Å²) in [4.78, 5) is 13.8. The Bertz CT molecular complexity index is 499. The molecule has 1 aliphatic rings. The van der Waals surface area contributed by atoms with E-state index in [1.165, 1.54) is 5.56 Å². The highest BCUT2D eigenvalue weighted by Gasteiger charge is 2.28. The molecule has 0 aromatic heterocycles. The maximum absolute atomic E-state index is 12.2. The van der Waals surface area contributed by atoms with Crippen LogP contribution < -0.4 is 5.32 Å². The first-order valence-electron chi connectivity index (χ1n) is 8.27. The zero-order chi connectivity index (χ0) is 16.9. The molecule has 2 N–H and O–H groups in total. The van der Waals surface area contributed by atoms with Gasteiger partial charge in [0.2, 0.25) is 0 Å². The number of likely N-dealkylation sites (tertiary alicyclic amines) is 1. The number of benzene rings is 1. The van der Waals surface area contributed by atoms with E-state index in [4.69, 9.17) is 4.74 Å². The van der Waals surface area contributed by atoms with Crippen LogP contribution in [0.25, 0.3) is 0 Å². The van der Waals surface area contributed by atoms with E-state index in [1.54, 1.807) is 4.90 Å². The second kappa shape index (κ2) is 7.79. The molecule has 1 aliphatic heterocycles. The highest BCUT2D eigenvalue weighted by Crippen LogP contribution is 2.16. The number of hydrogen-bond donors (Lipinski definition) is 2. The summed E-state index contributed by atoms with van der Waals surface area (Å²) in [6.45, 7) is 7.25. The molecule has 0 spiro atoms. The number of carbonyl (C=O) groups is 1. The number of β-amino-alcohol motifs (C(OH)–C–C–N with tert-alkyl or cyclic N) is 1. The van der Waals surface area contributed by atoms with Gasteiger partial charge in [-0.2, -0.15) is 0 Å². The molecule has 23 heavy (non-hydrogen) atoms. The molecule has 1 saturated heterocycles. The molecule has 0 bridgehead atoms. The van der Waals surface area contributed by atoms with E-state index < -0.39 is 11.7 Å². The Balaban J connectivity index is 1.86. The molecule has 1 aromatic rings. The third-order valence-corrected chi connectivity index (χ3v) is 3.82.